The van der Waals surface area contributed by atoms with E-state index in [2.05, 4.69) is 18.7 Å². The molecule has 0 fully saturated rings. The fourth-order valence-electron chi connectivity index (χ4n) is 1.83. The summed E-state index contributed by atoms with van der Waals surface area (Å²) in [5.74, 6) is -0.994. The van der Waals surface area contributed by atoms with Crippen molar-refractivity contribution >= 4 is 17.7 Å². The summed E-state index contributed by atoms with van der Waals surface area (Å²) in [5.41, 5.74) is 0.773. The lowest BCUT2D eigenvalue weighted by molar-refractivity contribution is 0.0697. The van der Waals surface area contributed by atoms with Gasteiger partial charge in [0.2, 0.25) is 0 Å². The average Bonchev–Trinajstić information content (AvgIpc) is 2.50. The Bertz CT molecular complexity index is 469. The molecule has 6 heteroatoms. The van der Waals surface area contributed by atoms with Crippen molar-refractivity contribution in [1.82, 2.24) is 4.90 Å². The zero-order valence-corrected chi connectivity index (χ0v) is 12.7. The summed E-state index contributed by atoms with van der Waals surface area (Å²) in [6.07, 6.45) is -0.453. The second kappa shape index (κ2) is 8.26. The number of carboxylic acid groups (broad SMARTS) is 1. The van der Waals surface area contributed by atoms with Gasteiger partial charge in [-0.05, 0) is 37.4 Å². The topological polar surface area (TPSA) is 70.1 Å². The standard InChI is InChI=1S/C15H22N2O4/c1-4-17(5-2)10-11-21-15(20)16(3)13-8-6-12(7-9-13)14(18)19/h6-9H,4-5,10-11H2,1-3H3,(H,18,19). The lowest BCUT2D eigenvalue weighted by Crippen LogP contribution is -2.32. The molecule has 0 aliphatic carbocycles. The van der Waals surface area contributed by atoms with Gasteiger partial charge in [0.15, 0.2) is 0 Å². The van der Waals surface area contributed by atoms with E-state index >= 15 is 0 Å². The van der Waals surface area contributed by atoms with E-state index < -0.39 is 12.1 Å². The lowest BCUT2D eigenvalue weighted by atomic mass is 10.2. The zero-order valence-electron chi connectivity index (χ0n) is 12.7. The first-order chi connectivity index (χ1) is 9.99. The molecule has 21 heavy (non-hydrogen) atoms. The highest BCUT2D eigenvalue weighted by Crippen LogP contribution is 2.14. The van der Waals surface area contributed by atoms with E-state index in [0.717, 1.165) is 13.1 Å². The van der Waals surface area contributed by atoms with Crippen molar-refractivity contribution in [3.05, 3.63) is 29.8 Å². The van der Waals surface area contributed by atoms with E-state index in [9.17, 15) is 9.59 Å². The summed E-state index contributed by atoms with van der Waals surface area (Å²) in [4.78, 5) is 26.2. The number of anilines is 1. The van der Waals surface area contributed by atoms with Crippen molar-refractivity contribution in [2.45, 2.75) is 13.8 Å². The Morgan fingerprint density at radius 3 is 2.19 bits per heavy atom. The van der Waals surface area contributed by atoms with E-state index in [-0.39, 0.29) is 5.56 Å². The van der Waals surface area contributed by atoms with E-state index in [1.54, 1.807) is 19.2 Å². The van der Waals surface area contributed by atoms with Crippen molar-refractivity contribution in [2.75, 3.05) is 38.2 Å². The summed E-state index contributed by atoms with van der Waals surface area (Å²) in [5, 5.41) is 8.83. The number of nitrogens with zero attached hydrogens (tertiary/aromatic N) is 2. The van der Waals surface area contributed by atoms with Crippen LogP contribution in [0.2, 0.25) is 0 Å². The molecule has 0 unspecified atom stereocenters. The molecule has 0 heterocycles. The molecular formula is C15H22N2O4. The maximum absolute atomic E-state index is 11.9. The molecule has 6 nitrogen and oxygen atoms in total. The van der Waals surface area contributed by atoms with Gasteiger partial charge in [-0.3, -0.25) is 4.90 Å². The molecule has 1 amide bonds. The largest absolute Gasteiger partial charge is 0.478 e. The second-order valence-electron chi connectivity index (χ2n) is 4.55. The molecule has 0 aromatic heterocycles. The number of hydrogen-bond donors (Lipinski definition) is 1. The zero-order chi connectivity index (χ0) is 15.8. The fraction of sp³-hybridized carbons (Fsp3) is 0.467. The SMILES string of the molecule is CCN(CC)CCOC(=O)N(C)c1ccc(C(=O)O)cc1. The molecule has 1 rings (SSSR count). The highest BCUT2D eigenvalue weighted by Gasteiger charge is 2.13. The number of likely N-dealkylation sites (N-methyl/N-ethyl adjacent to an activating group) is 1. The third-order valence-electron chi connectivity index (χ3n) is 3.30. The Morgan fingerprint density at radius 2 is 1.71 bits per heavy atom. The second-order valence-corrected chi connectivity index (χ2v) is 4.55. The summed E-state index contributed by atoms with van der Waals surface area (Å²) in [7, 11) is 1.59. The van der Waals surface area contributed by atoms with Crippen LogP contribution in [-0.4, -0.2) is 55.4 Å². The van der Waals surface area contributed by atoms with E-state index in [4.69, 9.17) is 9.84 Å². The van der Waals surface area contributed by atoms with Crippen molar-refractivity contribution < 1.29 is 19.4 Å². The fourth-order valence-corrected chi connectivity index (χ4v) is 1.83. The van der Waals surface area contributed by atoms with Gasteiger partial charge < -0.3 is 14.7 Å². The minimum atomic E-state index is -0.994. The third-order valence-corrected chi connectivity index (χ3v) is 3.30. The van der Waals surface area contributed by atoms with Crippen LogP contribution in [0.15, 0.2) is 24.3 Å². The van der Waals surface area contributed by atoms with E-state index in [0.29, 0.717) is 18.8 Å². The van der Waals surface area contributed by atoms with Gasteiger partial charge in [0.1, 0.15) is 6.61 Å². The Balaban J connectivity index is 2.52. The Kier molecular flexibility index (Phi) is 6.68. The lowest BCUT2D eigenvalue weighted by Gasteiger charge is -2.20. The van der Waals surface area contributed by atoms with Crippen LogP contribution in [0.1, 0.15) is 24.2 Å². The van der Waals surface area contributed by atoms with Crippen molar-refractivity contribution in [1.29, 1.82) is 0 Å². The molecule has 0 radical (unpaired) electrons. The molecule has 1 N–H and O–H groups in total. The van der Waals surface area contributed by atoms with Crippen LogP contribution in [0.3, 0.4) is 0 Å². The molecular weight excluding hydrogens is 272 g/mol. The van der Waals surface area contributed by atoms with Crippen molar-refractivity contribution in [3.8, 4) is 0 Å². The minimum absolute atomic E-state index is 0.182. The minimum Gasteiger partial charge on any atom is -0.478 e. The first-order valence-corrected chi connectivity index (χ1v) is 6.95. The van der Waals surface area contributed by atoms with Crippen LogP contribution >= 0.6 is 0 Å². The molecule has 0 aliphatic heterocycles. The van der Waals surface area contributed by atoms with Crippen LogP contribution in [-0.2, 0) is 4.74 Å². The number of amides is 1. The average molecular weight is 294 g/mol. The van der Waals surface area contributed by atoms with E-state index in [1.165, 1.54) is 17.0 Å². The van der Waals surface area contributed by atoms with Crippen LogP contribution < -0.4 is 4.90 Å². The van der Waals surface area contributed by atoms with Gasteiger partial charge in [0.25, 0.3) is 0 Å². The van der Waals surface area contributed by atoms with Crippen LogP contribution in [0.5, 0.6) is 0 Å². The summed E-state index contributed by atoms with van der Waals surface area (Å²) < 4.78 is 5.20. The van der Waals surface area contributed by atoms with Gasteiger partial charge in [-0.15, -0.1) is 0 Å². The van der Waals surface area contributed by atoms with Gasteiger partial charge in [-0.2, -0.15) is 0 Å². The maximum Gasteiger partial charge on any atom is 0.414 e. The quantitative estimate of drug-likeness (QED) is 0.835. The first-order valence-electron chi connectivity index (χ1n) is 6.95. The summed E-state index contributed by atoms with van der Waals surface area (Å²) in [6, 6.07) is 6.07. The van der Waals surface area contributed by atoms with Crippen molar-refractivity contribution in [2.24, 2.45) is 0 Å². The maximum atomic E-state index is 11.9. The van der Waals surface area contributed by atoms with E-state index in [1.807, 2.05) is 0 Å². The Hall–Kier alpha value is -2.08. The van der Waals surface area contributed by atoms with Crippen molar-refractivity contribution in [3.63, 3.8) is 0 Å². The van der Waals surface area contributed by atoms with Gasteiger partial charge in [-0.1, -0.05) is 13.8 Å². The molecule has 0 saturated heterocycles. The predicted octanol–water partition coefficient (Wildman–Crippen LogP) is 2.30. The predicted molar refractivity (Wildman–Crippen MR) is 80.9 cm³/mol. The highest BCUT2D eigenvalue weighted by molar-refractivity contribution is 5.90. The number of aromatic carboxylic acids is 1. The Labute approximate surface area is 124 Å². The van der Waals surface area contributed by atoms with Gasteiger partial charge in [0.05, 0.1) is 5.56 Å². The molecule has 1 aromatic rings. The molecule has 0 spiro atoms. The highest BCUT2D eigenvalue weighted by atomic mass is 16.6. The molecule has 1 aromatic carbocycles. The number of carboxylic acids is 1. The molecule has 0 bridgehead atoms. The molecule has 0 saturated carbocycles. The number of benzene rings is 1. The number of carbonyl (C=O) groups is 2. The smallest absolute Gasteiger partial charge is 0.414 e. The molecule has 116 valence electrons. The van der Waals surface area contributed by atoms with Gasteiger partial charge >= 0.3 is 12.1 Å². The monoisotopic (exact) mass is 294 g/mol. The number of rotatable bonds is 7. The van der Waals surface area contributed by atoms with Crippen LogP contribution in [0, 0.1) is 0 Å². The number of carbonyl (C=O) groups excluding carboxylic acids is 1. The first kappa shape index (κ1) is 17.0. The van der Waals surface area contributed by atoms with Gasteiger partial charge in [-0.25, -0.2) is 9.59 Å². The summed E-state index contributed by atoms with van der Waals surface area (Å²) >= 11 is 0. The van der Waals surface area contributed by atoms with Gasteiger partial charge in [0, 0.05) is 19.3 Å². The van der Waals surface area contributed by atoms with Crippen LogP contribution in [0.25, 0.3) is 0 Å². The Morgan fingerprint density at radius 1 is 1.14 bits per heavy atom. The van der Waals surface area contributed by atoms with Crippen LogP contribution in [0.4, 0.5) is 10.5 Å². The number of ether oxygens (including phenoxy) is 1. The number of hydrogen-bond acceptors (Lipinski definition) is 4. The third kappa shape index (κ3) is 5.07. The molecule has 0 aliphatic rings. The normalized spacial score (nSPS) is 10.5. The molecule has 0 atom stereocenters. The summed E-state index contributed by atoms with van der Waals surface area (Å²) in [6.45, 7) is 6.98.